The molecule has 0 aliphatic carbocycles. The number of hydrazone groups is 1. The third-order valence-corrected chi connectivity index (χ3v) is 5.27. The molecule has 0 N–H and O–H groups in total. The highest BCUT2D eigenvalue weighted by Crippen LogP contribution is 2.29. The third kappa shape index (κ3) is 4.25. The zero-order valence-electron chi connectivity index (χ0n) is 16.2. The normalized spacial score (nSPS) is 14.9. The number of hydrogen-bond acceptors (Lipinski definition) is 3. The molecule has 3 aromatic rings. The quantitative estimate of drug-likeness (QED) is 0.435. The molecule has 0 fully saturated rings. The minimum absolute atomic E-state index is 0.172. The number of para-hydroxylation sites is 2. The van der Waals surface area contributed by atoms with Gasteiger partial charge in [0.25, 0.3) is 5.91 Å². The molecule has 1 amide bonds. The molecular weight excluding hydrogens is 419 g/mol. The van der Waals surface area contributed by atoms with Crippen LogP contribution < -0.4 is 9.75 Å². The van der Waals surface area contributed by atoms with Gasteiger partial charge in [-0.05, 0) is 43.3 Å². The van der Waals surface area contributed by atoms with Crippen LogP contribution in [0, 0.1) is 0 Å². The fraction of sp³-hybridized carbons (Fsp3) is 0.0833. The molecule has 1 aliphatic rings. The molecule has 1 heterocycles. The first kappa shape index (κ1) is 20.2. The van der Waals surface area contributed by atoms with Crippen molar-refractivity contribution in [3.63, 3.8) is 0 Å². The Kier molecular flexibility index (Phi) is 5.88. The second-order valence-corrected chi connectivity index (χ2v) is 7.60. The second-order valence-electron chi connectivity index (χ2n) is 6.76. The Morgan fingerprint density at radius 1 is 1.00 bits per heavy atom. The van der Waals surface area contributed by atoms with E-state index in [0.29, 0.717) is 27.1 Å². The lowest BCUT2D eigenvalue weighted by Gasteiger charge is -2.12. The van der Waals surface area contributed by atoms with Gasteiger partial charge in [0.15, 0.2) is 0 Å². The minimum atomic E-state index is -0.172. The van der Waals surface area contributed by atoms with E-state index < -0.39 is 0 Å². The van der Waals surface area contributed by atoms with Crippen LogP contribution in [0.3, 0.4) is 0 Å². The van der Waals surface area contributed by atoms with Crippen LogP contribution in [0.25, 0.3) is 6.08 Å². The summed E-state index contributed by atoms with van der Waals surface area (Å²) in [4.78, 5) is 13.0. The van der Waals surface area contributed by atoms with E-state index in [2.05, 4.69) is 5.10 Å². The van der Waals surface area contributed by atoms with E-state index in [4.69, 9.17) is 27.9 Å². The lowest BCUT2D eigenvalue weighted by Crippen LogP contribution is -2.21. The van der Waals surface area contributed by atoms with Gasteiger partial charge in [0.1, 0.15) is 12.4 Å². The highest BCUT2D eigenvalue weighted by atomic mass is 35.5. The van der Waals surface area contributed by atoms with Gasteiger partial charge in [-0.15, -0.1) is 0 Å². The highest BCUT2D eigenvalue weighted by molar-refractivity contribution is 6.35. The molecule has 0 radical (unpaired) electrons. The summed E-state index contributed by atoms with van der Waals surface area (Å²) >= 11 is 12.2. The van der Waals surface area contributed by atoms with Crippen molar-refractivity contribution >= 4 is 46.6 Å². The first-order valence-corrected chi connectivity index (χ1v) is 10.1. The van der Waals surface area contributed by atoms with Crippen molar-refractivity contribution in [1.82, 2.24) is 0 Å². The number of nitrogens with zero attached hydrogens (tertiary/aromatic N) is 2. The van der Waals surface area contributed by atoms with Gasteiger partial charge in [-0.3, -0.25) is 4.79 Å². The first-order chi connectivity index (χ1) is 14.5. The van der Waals surface area contributed by atoms with Gasteiger partial charge in [-0.2, -0.15) is 10.1 Å². The van der Waals surface area contributed by atoms with Gasteiger partial charge < -0.3 is 4.74 Å². The number of halogens is 2. The zero-order valence-corrected chi connectivity index (χ0v) is 17.7. The van der Waals surface area contributed by atoms with Crippen LogP contribution in [0.15, 0.2) is 83.5 Å². The Balaban J connectivity index is 1.59. The number of amides is 1. The maximum absolute atomic E-state index is 13.0. The summed E-state index contributed by atoms with van der Waals surface area (Å²) < 4.78 is 6.00. The van der Waals surface area contributed by atoms with Gasteiger partial charge in [0.05, 0.1) is 17.0 Å². The number of carbonyl (C=O) groups excluding carboxylic acids is 1. The molecule has 0 atom stereocenters. The summed E-state index contributed by atoms with van der Waals surface area (Å²) in [5, 5.41) is 6.96. The molecule has 0 aromatic heterocycles. The maximum Gasteiger partial charge on any atom is 0.280 e. The van der Waals surface area contributed by atoms with Crippen LogP contribution in [0.5, 0.6) is 5.75 Å². The summed E-state index contributed by atoms with van der Waals surface area (Å²) in [6, 6.07) is 22.2. The summed E-state index contributed by atoms with van der Waals surface area (Å²) in [7, 11) is 0. The minimum Gasteiger partial charge on any atom is -0.488 e. The number of anilines is 1. The molecule has 30 heavy (non-hydrogen) atoms. The summed E-state index contributed by atoms with van der Waals surface area (Å²) in [6.07, 6.45) is 1.81. The Morgan fingerprint density at radius 3 is 2.50 bits per heavy atom. The van der Waals surface area contributed by atoms with Gasteiger partial charge in [0, 0.05) is 21.2 Å². The Labute approximate surface area is 185 Å². The second kappa shape index (κ2) is 8.74. The number of hydrogen-bond donors (Lipinski definition) is 0. The van der Waals surface area contributed by atoms with Crippen molar-refractivity contribution in [1.29, 1.82) is 0 Å². The highest BCUT2D eigenvalue weighted by Gasteiger charge is 2.28. The monoisotopic (exact) mass is 436 g/mol. The molecule has 0 saturated carbocycles. The number of rotatable bonds is 5. The molecule has 0 unspecified atom stereocenters. The SMILES string of the molecule is CC1=NN(c2ccccc2)C(=O)C1=Cc1ccccc1OCc1ccc(Cl)cc1Cl. The van der Waals surface area contributed by atoms with Crippen LogP contribution in [-0.4, -0.2) is 11.6 Å². The van der Waals surface area contributed by atoms with E-state index in [1.807, 2.05) is 73.7 Å². The Hall–Kier alpha value is -3.08. The summed E-state index contributed by atoms with van der Waals surface area (Å²) in [5.74, 6) is 0.476. The van der Waals surface area contributed by atoms with Crippen molar-refractivity contribution in [2.45, 2.75) is 13.5 Å². The van der Waals surface area contributed by atoms with E-state index in [1.54, 1.807) is 12.1 Å². The van der Waals surface area contributed by atoms with Crippen molar-refractivity contribution in [2.24, 2.45) is 5.10 Å². The van der Waals surface area contributed by atoms with E-state index in [1.165, 1.54) is 5.01 Å². The molecule has 0 bridgehead atoms. The predicted molar refractivity (Wildman–Crippen MR) is 122 cm³/mol. The molecule has 4 rings (SSSR count). The predicted octanol–water partition coefficient (Wildman–Crippen LogP) is 6.38. The molecule has 3 aromatic carbocycles. The van der Waals surface area contributed by atoms with E-state index in [-0.39, 0.29) is 12.5 Å². The molecule has 150 valence electrons. The van der Waals surface area contributed by atoms with Crippen molar-refractivity contribution in [3.05, 3.63) is 99.5 Å². The number of ether oxygens (including phenoxy) is 1. The van der Waals surface area contributed by atoms with Crippen LogP contribution in [-0.2, 0) is 11.4 Å². The number of carbonyl (C=O) groups is 1. The van der Waals surface area contributed by atoms with Gasteiger partial charge in [-0.1, -0.05) is 65.7 Å². The molecule has 6 heteroatoms. The first-order valence-electron chi connectivity index (χ1n) is 9.35. The van der Waals surface area contributed by atoms with Crippen molar-refractivity contribution in [2.75, 3.05) is 5.01 Å². The summed E-state index contributed by atoms with van der Waals surface area (Å²) in [6.45, 7) is 2.11. The van der Waals surface area contributed by atoms with Gasteiger partial charge in [0.2, 0.25) is 0 Å². The topological polar surface area (TPSA) is 41.9 Å². The smallest absolute Gasteiger partial charge is 0.280 e. The van der Waals surface area contributed by atoms with E-state index in [9.17, 15) is 4.79 Å². The standard InChI is InChI=1S/C24H18Cl2N2O2/c1-16-21(24(29)28(27-16)20-8-3-2-4-9-20)13-17-7-5-6-10-23(17)30-15-18-11-12-19(25)14-22(18)26/h2-14H,15H2,1H3. The average Bonchev–Trinajstić information content (AvgIpc) is 3.03. The lowest BCUT2D eigenvalue weighted by atomic mass is 10.1. The molecule has 0 spiro atoms. The fourth-order valence-electron chi connectivity index (χ4n) is 3.11. The van der Waals surface area contributed by atoms with Gasteiger partial charge in [-0.25, -0.2) is 0 Å². The molecular formula is C24H18Cl2N2O2. The van der Waals surface area contributed by atoms with Crippen LogP contribution in [0.1, 0.15) is 18.1 Å². The average molecular weight is 437 g/mol. The molecule has 4 nitrogen and oxygen atoms in total. The zero-order chi connectivity index (χ0) is 21.1. The molecule has 1 aliphatic heterocycles. The fourth-order valence-corrected chi connectivity index (χ4v) is 3.57. The van der Waals surface area contributed by atoms with Crippen molar-refractivity contribution in [3.8, 4) is 5.75 Å². The maximum atomic E-state index is 13.0. The van der Waals surface area contributed by atoms with Crippen LogP contribution in [0.4, 0.5) is 5.69 Å². The van der Waals surface area contributed by atoms with Crippen molar-refractivity contribution < 1.29 is 9.53 Å². The summed E-state index contributed by atoms with van der Waals surface area (Å²) in [5.41, 5.74) is 3.52. The lowest BCUT2D eigenvalue weighted by molar-refractivity contribution is -0.114. The van der Waals surface area contributed by atoms with E-state index in [0.717, 1.165) is 16.8 Å². The Morgan fingerprint density at radius 2 is 1.73 bits per heavy atom. The van der Waals surface area contributed by atoms with Crippen LogP contribution in [0.2, 0.25) is 10.0 Å². The Bertz CT molecular complexity index is 1160. The number of benzene rings is 3. The third-order valence-electron chi connectivity index (χ3n) is 4.68. The van der Waals surface area contributed by atoms with Gasteiger partial charge >= 0.3 is 0 Å². The van der Waals surface area contributed by atoms with E-state index >= 15 is 0 Å². The van der Waals surface area contributed by atoms with Crippen LogP contribution >= 0.6 is 23.2 Å². The molecule has 0 saturated heterocycles. The largest absolute Gasteiger partial charge is 0.488 e.